The van der Waals surface area contributed by atoms with Gasteiger partial charge in [-0.2, -0.15) is 0 Å². The number of hydrogen-bond donors (Lipinski definition) is 1. The van der Waals surface area contributed by atoms with Gasteiger partial charge in [0.15, 0.2) is 5.69 Å². The van der Waals surface area contributed by atoms with Crippen molar-refractivity contribution in [1.29, 1.82) is 0 Å². The number of anilines is 2. The molecule has 1 amide bonds. The monoisotopic (exact) mass is 386 g/mol. The fourth-order valence-corrected chi connectivity index (χ4v) is 2.97. The van der Waals surface area contributed by atoms with Crippen molar-refractivity contribution >= 4 is 28.3 Å². The van der Waals surface area contributed by atoms with Crippen LogP contribution in [0.25, 0.3) is 10.9 Å². The molecule has 2 aromatic carbocycles. The lowest BCUT2D eigenvalue weighted by Crippen LogP contribution is -2.15. The van der Waals surface area contributed by atoms with Crippen LogP contribution in [0.15, 0.2) is 60.9 Å². The number of nitrogens with zero attached hydrogens (tertiary/aromatic N) is 5. The van der Waals surface area contributed by atoms with Gasteiger partial charge in [0.25, 0.3) is 11.8 Å². The minimum Gasteiger partial charge on any atom is -0.437 e. The maximum Gasteiger partial charge on any atom is 0.272 e. The number of fused-ring (bicyclic) bond motifs is 1. The molecule has 0 fully saturated rings. The van der Waals surface area contributed by atoms with E-state index in [4.69, 9.17) is 10.5 Å². The van der Waals surface area contributed by atoms with Crippen molar-refractivity contribution in [2.75, 3.05) is 11.9 Å². The Bertz CT molecular complexity index is 1190. The third-order valence-corrected chi connectivity index (χ3v) is 4.35. The lowest BCUT2D eigenvalue weighted by atomic mass is 10.2. The van der Waals surface area contributed by atoms with E-state index in [1.807, 2.05) is 55.3 Å². The van der Waals surface area contributed by atoms with Crippen LogP contribution in [0.1, 0.15) is 16.3 Å². The topological polar surface area (TPSA) is 107 Å². The summed E-state index contributed by atoms with van der Waals surface area (Å²) >= 11 is 0. The average molecular weight is 386 g/mol. The van der Waals surface area contributed by atoms with Crippen molar-refractivity contribution in [2.45, 2.75) is 6.92 Å². The second-order valence-electron chi connectivity index (χ2n) is 6.34. The number of benzene rings is 2. The zero-order valence-electron chi connectivity index (χ0n) is 15.9. The summed E-state index contributed by atoms with van der Waals surface area (Å²) < 4.78 is 5.68. The maximum absolute atomic E-state index is 11.5. The predicted molar refractivity (Wildman–Crippen MR) is 109 cm³/mol. The second kappa shape index (κ2) is 7.51. The first-order chi connectivity index (χ1) is 14.0. The Hall–Kier alpha value is -4.07. The van der Waals surface area contributed by atoms with Crippen LogP contribution in [0.4, 0.5) is 11.5 Å². The number of aryl methyl sites for hydroxylation is 1. The van der Waals surface area contributed by atoms with E-state index >= 15 is 0 Å². The van der Waals surface area contributed by atoms with Crippen LogP contribution < -0.4 is 15.4 Å². The molecule has 0 spiro atoms. The number of aromatic nitrogens is 4. The van der Waals surface area contributed by atoms with Crippen molar-refractivity contribution < 1.29 is 9.53 Å². The summed E-state index contributed by atoms with van der Waals surface area (Å²) in [4.78, 5) is 30.5. The zero-order chi connectivity index (χ0) is 20.4. The summed E-state index contributed by atoms with van der Waals surface area (Å²) in [5.41, 5.74) is 7.10. The second-order valence-corrected chi connectivity index (χ2v) is 6.34. The lowest BCUT2D eigenvalue weighted by molar-refractivity contribution is 0.0992. The molecule has 2 heterocycles. The Morgan fingerprint density at radius 2 is 1.72 bits per heavy atom. The Balaban J connectivity index is 1.63. The number of rotatable bonds is 5. The van der Waals surface area contributed by atoms with E-state index in [2.05, 4.69) is 19.9 Å². The molecule has 8 nitrogen and oxygen atoms in total. The maximum atomic E-state index is 11.5. The summed E-state index contributed by atoms with van der Waals surface area (Å²) in [6.45, 7) is 1.87. The van der Waals surface area contributed by atoms with Crippen LogP contribution in [0.3, 0.4) is 0 Å². The number of para-hydroxylation sites is 1. The van der Waals surface area contributed by atoms with Gasteiger partial charge in [-0.05, 0) is 43.3 Å². The van der Waals surface area contributed by atoms with Crippen LogP contribution >= 0.6 is 0 Å². The fraction of sp³-hybridized carbons (Fsp3) is 0.0952. The predicted octanol–water partition coefficient (Wildman–Crippen LogP) is 3.39. The molecule has 0 aliphatic heterocycles. The van der Waals surface area contributed by atoms with Gasteiger partial charge in [0, 0.05) is 30.5 Å². The van der Waals surface area contributed by atoms with E-state index in [1.54, 1.807) is 12.1 Å². The van der Waals surface area contributed by atoms with Crippen molar-refractivity contribution in [3.8, 4) is 11.6 Å². The Morgan fingerprint density at radius 3 is 2.48 bits per heavy atom. The number of carbonyl (C=O) groups excluding carboxylic acids is 1. The van der Waals surface area contributed by atoms with E-state index in [-0.39, 0.29) is 11.6 Å². The van der Waals surface area contributed by atoms with Gasteiger partial charge in [0.1, 0.15) is 17.4 Å². The van der Waals surface area contributed by atoms with E-state index < -0.39 is 5.91 Å². The number of carbonyl (C=O) groups is 1. The summed E-state index contributed by atoms with van der Waals surface area (Å²) in [6.07, 6.45) is 2.82. The first-order valence-electron chi connectivity index (χ1n) is 8.89. The Morgan fingerprint density at radius 1 is 1.00 bits per heavy atom. The molecule has 2 aromatic heterocycles. The molecular formula is C21H18N6O2. The minimum atomic E-state index is -0.699. The number of hydrogen-bond acceptors (Lipinski definition) is 7. The third-order valence-electron chi connectivity index (χ3n) is 4.35. The Kier molecular flexibility index (Phi) is 4.74. The molecule has 4 rings (SSSR count). The third kappa shape index (κ3) is 3.68. The summed E-state index contributed by atoms with van der Waals surface area (Å²) in [5, 5.41) is 0.964. The van der Waals surface area contributed by atoms with Crippen molar-refractivity contribution in [1.82, 2.24) is 19.9 Å². The zero-order valence-corrected chi connectivity index (χ0v) is 15.9. The van der Waals surface area contributed by atoms with Gasteiger partial charge in [0.05, 0.1) is 5.52 Å². The van der Waals surface area contributed by atoms with Crippen molar-refractivity contribution in [3.05, 3.63) is 72.4 Å². The van der Waals surface area contributed by atoms with Gasteiger partial charge in [-0.25, -0.2) is 19.9 Å². The van der Waals surface area contributed by atoms with Gasteiger partial charge in [-0.15, -0.1) is 0 Å². The molecule has 8 heteroatoms. The number of nitrogens with two attached hydrogens (primary N) is 1. The summed E-state index contributed by atoms with van der Waals surface area (Å²) in [6, 6.07) is 15.2. The molecular weight excluding hydrogens is 368 g/mol. The highest BCUT2D eigenvalue weighted by molar-refractivity contribution is 5.93. The first-order valence-corrected chi connectivity index (χ1v) is 8.89. The number of amides is 1. The van der Waals surface area contributed by atoms with E-state index in [1.165, 1.54) is 12.4 Å². The highest BCUT2D eigenvalue weighted by atomic mass is 16.5. The van der Waals surface area contributed by atoms with Gasteiger partial charge in [-0.1, -0.05) is 12.1 Å². The van der Waals surface area contributed by atoms with Crippen LogP contribution in [0, 0.1) is 6.92 Å². The molecule has 0 bridgehead atoms. The molecule has 0 radical (unpaired) electrons. The lowest BCUT2D eigenvalue weighted by Gasteiger charge is -2.20. The standard InChI is InChI=1S/C21H18N6O2/c1-13-25-17-6-4-3-5-16(17)20(26-13)27(2)14-7-9-15(10-8-14)29-21-18(19(22)28)23-11-12-24-21/h3-12H,1-2H3,(H2,22,28). The van der Waals surface area contributed by atoms with E-state index in [0.717, 1.165) is 22.4 Å². The van der Waals surface area contributed by atoms with Crippen LogP contribution in [0.2, 0.25) is 0 Å². The molecule has 0 saturated carbocycles. The number of primary amides is 1. The molecule has 4 aromatic rings. The van der Waals surface area contributed by atoms with Gasteiger partial charge < -0.3 is 15.4 Å². The quantitative estimate of drug-likeness (QED) is 0.560. The van der Waals surface area contributed by atoms with Gasteiger partial charge in [0.2, 0.25) is 0 Å². The first kappa shape index (κ1) is 18.3. The smallest absolute Gasteiger partial charge is 0.272 e. The van der Waals surface area contributed by atoms with Gasteiger partial charge in [-0.3, -0.25) is 4.79 Å². The largest absolute Gasteiger partial charge is 0.437 e. The summed E-state index contributed by atoms with van der Waals surface area (Å²) in [7, 11) is 1.94. The van der Waals surface area contributed by atoms with Crippen molar-refractivity contribution in [2.24, 2.45) is 5.73 Å². The molecule has 29 heavy (non-hydrogen) atoms. The normalized spacial score (nSPS) is 10.7. The van der Waals surface area contributed by atoms with E-state index in [0.29, 0.717) is 11.6 Å². The molecule has 0 saturated heterocycles. The highest BCUT2D eigenvalue weighted by Crippen LogP contribution is 2.30. The molecule has 0 aliphatic carbocycles. The molecule has 0 unspecified atom stereocenters. The molecule has 0 atom stereocenters. The SMILES string of the molecule is Cc1nc(N(C)c2ccc(Oc3nccnc3C(N)=O)cc2)c2ccccc2n1. The average Bonchev–Trinajstić information content (AvgIpc) is 2.73. The van der Waals surface area contributed by atoms with Crippen LogP contribution in [-0.2, 0) is 0 Å². The molecule has 2 N–H and O–H groups in total. The fourth-order valence-electron chi connectivity index (χ4n) is 2.97. The number of ether oxygens (including phenoxy) is 1. The highest BCUT2D eigenvalue weighted by Gasteiger charge is 2.14. The van der Waals surface area contributed by atoms with Crippen LogP contribution in [0.5, 0.6) is 11.6 Å². The Labute approximate surface area is 167 Å². The van der Waals surface area contributed by atoms with Gasteiger partial charge >= 0.3 is 0 Å². The van der Waals surface area contributed by atoms with Crippen LogP contribution in [-0.4, -0.2) is 32.9 Å². The molecule has 0 aliphatic rings. The molecule has 144 valence electrons. The minimum absolute atomic E-state index is 0.0170. The van der Waals surface area contributed by atoms with Crippen molar-refractivity contribution in [3.63, 3.8) is 0 Å². The summed E-state index contributed by atoms with van der Waals surface area (Å²) in [5.74, 6) is 1.39. The van der Waals surface area contributed by atoms with E-state index in [9.17, 15) is 4.79 Å².